The number of aromatic nitrogens is 2. The molecule has 0 fully saturated rings. The zero-order chi connectivity index (χ0) is 10.6. The Bertz CT molecular complexity index is 382. The van der Waals surface area contributed by atoms with Crippen LogP contribution in [0.2, 0.25) is 0 Å². The van der Waals surface area contributed by atoms with E-state index in [1.54, 1.807) is 6.20 Å². The van der Waals surface area contributed by atoms with Gasteiger partial charge in [0.15, 0.2) is 5.78 Å². The van der Waals surface area contributed by atoms with Crippen molar-refractivity contribution in [3.05, 3.63) is 28.4 Å². The third-order valence-corrected chi connectivity index (χ3v) is 1.86. The topological polar surface area (TPSA) is 52.0 Å². The van der Waals surface area contributed by atoms with E-state index in [0.29, 0.717) is 6.42 Å². The maximum absolute atomic E-state index is 11.3. The molecule has 0 saturated heterocycles. The number of ketones is 1. The molecule has 14 heavy (non-hydrogen) atoms. The quantitative estimate of drug-likeness (QED) is 0.716. The number of hydrogen-bond acceptors (Lipinski definition) is 3. The molecule has 0 aromatic carbocycles. The highest BCUT2D eigenvalue weighted by molar-refractivity contribution is 5.78. The van der Waals surface area contributed by atoms with Crippen molar-refractivity contribution in [2.24, 2.45) is 0 Å². The molecule has 0 aliphatic carbocycles. The lowest BCUT2D eigenvalue weighted by molar-refractivity contribution is -0.119. The van der Waals surface area contributed by atoms with Crippen molar-refractivity contribution in [3.63, 3.8) is 0 Å². The summed E-state index contributed by atoms with van der Waals surface area (Å²) in [5.74, 6) is 0.0713. The summed E-state index contributed by atoms with van der Waals surface area (Å²) < 4.78 is 1.35. The summed E-state index contributed by atoms with van der Waals surface area (Å²) in [6, 6.07) is 0. The van der Waals surface area contributed by atoms with Crippen LogP contribution in [0.5, 0.6) is 0 Å². The van der Waals surface area contributed by atoms with Crippen molar-refractivity contribution in [1.29, 1.82) is 0 Å². The Hall–Kier alpha value is -1.45. The van der Waals surface area contributed by atoms with E-state index in [-0.39, 0.29) is 18.0 Å². The van der Waals surface area contributed by atoms with E-state index in [2.05, 4.69) is 4.98 Å². The third kappa shape index (κ3) is 2.80. The fourth-order valence-electron chi connectivity index (χ4n) is 1.23. The van der Waals surface area contributed by atoms with Gasteiger partial charge in [-0.05, 0) is 18.9 Å². The lowest BCUT2D eigenvalue weighted by Crippen LogP contribution is -2.25. The maximum Gasteiger partial charge on any atom is 0.347 e. The van der Waals surface area contributed by atoms with Gasteiger partial charge < -0.3 is 0 Å². The molecule has 4 nitrogen and oxygen atoms in total. The minimum atomic E-state index is -0.361. The van der Waals surface area contributed by atoms with Crippen molar-refractivity contribution < 1.29 is 4.79 Å². The summed E-state index contributed by atoms with van der Waals surface area (Å²) in [5, 5.41) is 0. The molecule has 76 valence electrons. The van der Waals surface area contributed by atoms with Crippen LogP contribution in [-0.4, -0.2) is 15.3 Å². The fraction of sp³-hybridized carbons (Fsp3) is 0.500. The summed E-state index contributed by atoms with van der Waals surface area (Å²) in [4.78, 5) is 26.1. The first-order valence-electron chi connectivity index (χ1n) is 4.68. The highest BCUT2D eigenvalue weighted by Gasteiger charge is 2.03. The van der Waals surface area contributed by atoms with Gasteiger partial charge >= 0.3 is 5.69 Å². The molecular formula is C10H14N2O2. The number of carbonyl (C=O) groups is 1. The maximum atomic E-state index is 11.3. The Morgan fingerprint density at radius 2 is 2.29 bits per heavy atom. The molecule has 4 heteroatoms. The first-order chi connectivity index (χ1) is 6.63. The Kier molecular flexibility index (Phi) is 3.56. The number of carbonyl (C=O) groups excluding carboxylic acids is 1. The molecule has 0 aliphatic rings. The Labute approximate surface area is 82.6 Å². The second-order valence-electron chi connectivity index (χ2n) is 3.33. The van der Waals surface area contributed by atoms with Gasteiger partial charge in [-0.3, -0.25) is 9.36 Å². The van der Waals surface area contributed by atoms with Crippen molar-refractivity contribution >= 4 is 5.78 Å². The average Bonchev–Trinajstić information content (AvgIpc) is 2.12. The second-order valence-corrected chi connectivity index (χ2v) is 3.33. The Balaban J connectivity index is 2.81. The molecule has 1 aromatic rings. The first kappa shape index (κ1) is 10.6. The van der Waals surface area contributed by atoms with Crippen LogP contribution in [0.1, 0.15) is 25.3 Å². The number of rotatable bonds is 4. The minimum Gasteiger partial charge on any atom is -0.298 e. The SMILES string of the molecule is CCCC(=O)Cn1cc(C)cnc1=O. The van der Waals surface area contributed by atoms with Gasteiger partial charge in [0.05, 0.1) is 6.54 Å². The number of nitrogens with zero attached hydrogens (tertiary/aromatic N) is 2. The van der Waals surface area contributed by atoms with Crippen LogP contribution in [0.4, 0.5) is 0 Å². The van der Waals surface area contributed by atoms with E-state index < -0.39 is 0 Å². The first-order valence-corrected chi connectivity index (χ1v) is 4.68. The van der Waals surface area contributed by atoms with Gasteiger partial charge in [0.2, 0.25) is 0 Å². The van der Waals surface area contributed by atoms with Gasteiger partial charge in [-0.25, -0.2) is 9.78 Å². The molecule has 0 atom stereocenters. The molecule has 0 bridgehead atoms. The van der Waals surface area contributed by atoms with E-state index in [9.17, 15) is 9.59 Å². The normalized spacial score (nSPS) is 10.1. The van der Waals surface area contributed by atoms with Gasteiger partial charge in [0.25, 0.3) is 0 Å². The molecule has 0 saturated carbocycles. The van der Waals surface area contributed by atoms with Crippen molar-refractivity contribution in [3.8, 4) is 0 Å². The second kappa shape index (κ2) is 4.69. The van der Waals surface area contributed by atoms with Crippen LogP contribution < -0.4 is 5.69 Å². The molecule has 1 rings (SSSR count). The summed E-state index contributed by atoms with van der Waals surface area (Å²) in [6.07, 6.45) is 4.49. The molecule has 0 amide bonds. The van der Waals surface area contributed by atoms with Crippen LogP contribution in [-0.2, 0) is 11.3 Å². The molecule has 0 radical (unpaired) electrons. The summed E-state index contributed by atoms with van der Waals surface area (Å²) >= 11 is 0. The zero-order valence-corrected chi connectivity index (χ0v) is 8.49. The monoisotopic (exact) mass is 194 g/mol. The predicted octanol–water partition coefficient (Wildman–Crippen LogP) is 0.921. The summed E-state index contributed by atoms with van der Waals surface area (Å²) in [6.45, 7) is 3.92. The largest absolute Gasteiger partial charge is 0.347 e. The predicted molar refractivity (Wildman–Crippen MR) is 53.1 cm³/mol. The van der Waals surface area contributed by atoms with Gasteiger partial charge in [0.1, 0.15) is 0 Å². The number of hydrogen-bond donors (Lipinski definition) is 0. The van der Waals surface area contributed by atoms with Crippen molar-refractivity contribution in [2.75, 3.05) is 0 Å². The van der Waals surface area contributed by atoms with Crippen molar-refractivity contribution in [2.45, 2.75) is 33.2 Å². The minimum absolute atomic E-state index is 0.0713. The number of Topliss-reactive ketones (excluding diaryl/α,β-unsaturated/α-hetero) is 1. The van der Waals surface area contributed by atoms with Gasteiger partial charge in [-0.15, -0.1) is 0 Å². The van der Waals surface area contributed by atoms with Gasteiger partial charge in [-0.1, -0.05) is 6.92 Å². The lowest BCUT2D eigenvalue weighted by atomic mass is 10.2. The van der Waals surface area contributed by atoms with Crippen LogP contribution in [0, 0.1) is 6.92 Å². The zero-order valence-electron chi connectivity index (χ0n) is 8.49. The van der Waals surface area contributed by atoms with Gasteiger partial charge in [-0.2, -0.15) is 0 Å². The van der Waals surface area contributed by atoms with E-state index in [4.69, 9.17) is 0 Å². The lowest BCUT2D eigenvalue weighted by Gasteiger charge is -2.03. The molecule has 0 aliphatic heterocycles. The molecule has 0 unspecified atom stereocenters. The van der Waals surface area contributed by atoms with Gasteiger partial charge in [0, 0.05) is 18.8 Å². The van der Waals surface area contributed by atoms with Crippen LogP contribution in [0.15, 0.2) is 17.2 Å². The fourth-order valence-corrected chi connectivity index (χ4v) is 1.23. The molecule has 0 N–H and O–H groups in total. The molecular weight excluding hydrogens is 180 g/mol. The third-order valence-electron chi connectivity index (χ3n) is 1.86. The standard InChI is InChI=1S/C10H14N2O2/c1-3-4-9(13)7-12-6-8(2)5-11-10(12)14/h5-6H,3-4,7H2,1-2H3. The molecule has 0 spiro atoms. The Morgan fingerprint density at radius 3 is 2.93 bits per heavy atom. The van der Waals surface area contributed by atoms with E-state index in [0.717, 1.165) is 12.0 Å². The van der Waals surface area contributed by atoms with Crippen LogP contribution >= 0.6 is 0 Å². The van der Waals surface area contributed by atoms with E-state index in [1.807, 2.05) is 13.8 Å². The van der Waals surface area contributed by atoms with E-state index in [1.165, 1.54) is 10.8 Å². The summed E-state index contributed by atoms with van der Waals surface area (Å²) in [5.41, 5.74) is 0.522. The highest BCUT2D eigenvalue weighted by atomic mass is 16.1. The summed E-state index contributed by atoms with van der Waals surface area (Å²) in [7, 11) is 0. The van der Waals surface area contributed by atoms with Crippen LogP contribution in [0.25, 0.3) is 0 Å². The molecule has 1 aromatic heterocycles. The van der Waals surface area contributed by atoms with Crippen LogP contribution in [0.3, 0.4) is 0 Å². The number of aryl methyl sites for hydroxylation is 1. The Morgan fingerprint density at radius 1 is 1.57 bits per heavy atom. The average molecular weight is 194 g/mol. The smallest absolute Gasteiger partial charge is 0.298 e. The molecule has 1 heterocycles. The highest BCUT2D eigenvalue weighted by Crippen LogP contribution is 1.94. The van der Waals surface area contributed by atoms with Crippen molar-refractivity contribution in [1.82, 2.24) is 9.55 Å². The van der Waals surface area contributed by atoms with E-state index >= 15 is 0 Å².